The van der Waals surface area contributed by atoms with Crippen LogP contribution in [0.5, 0.6) is 0 Å². The van der Waals surface area contributed by atoms with Gasteiger partial charge in [0.05, 0.1) is 13.2 Å². The lowest BCUT2D eigenvalue weighted by atomic mass is 9.84. The Kier molecular flexibility index (Phi) is 8.46. The molecule has 0 bridgehead atoms. The van der Waals surface area contributed by atoms with Crippen LogP contribution in [0.1, 0.15) is 46.0 Å². The summed E-state index contributed by atoms with van der Waals surface area (Å²) in [7, 11) is 3.98. The minimum absolute atomic E-state index is 0.236. The SMILES string of the molecule is CCNC(=NCC1(N2CCCCC2)CCN(C)CC1)NC(C)COC. The number of rotatable bonds is 7. The second kappa shape index (κ2) is 10.3. The van der Waals surface area contributed by atoms with Gasteiger partial charge >= 0.3 is 0 Å². The summed E-state index contributed by atoms with van der Waals surface area (Å²) in [5, 5.41) is 6.87. The molecule has 2 saturated heterocycles. The van der Waals surface area contributed by atoms with Crippen molar-refractivity contribution in [1.29, 1.82) is 0 Å². The molecule has 6 nitrogen and oxygen atoms in total. The zero-order valence-corrected chi connectivity index (χ0v) is 16.8. The number of ether oxygens (including phenoxy) is 1. The summed E-state index contributed by atoms with van der Waals surface area (Å²) in [4.78, 5) is 10.2. The number of nitrogens with zero attached hydrogens (tertiary/aromatic N) is 3. The van der Waals surface area contributed by atoms with E-state index in [1.807, 2.05) is 0 Å². The molecular weight excluding hydrogens is 314 g/mol. The second-order valence-corrected chi connectivity index (χ2v) is 7.77. The Balaban J connectivity index is 2.07. The third-order valence-corrected chi connectivity index (χ3v) is 5.62. The molecule has 2 aliphatic heterocycles. The van der Waals surface area contributed by atoms with Crippen molar-refractivity contribution in [3.8, 4) is 0 Å². The molecule has 2 heterocycles. The molecule has 0 amide bonds. The van der Waals surface area contributed by atoms with E-state index in [2.05, 4.69) is 41.3 Å². The van der Waals surface area contributed by atoms with Crippen LogP contribution in [0.4, 0.5) is 0 Å². The van der Waals surface area contributed by atoms with Crippen molar-refractivity contribution in [2.24, 2.45) is 4.99 Å². The van der Waals surface area contributed by atoms with Gasteiger partial charge in [-0.2, -0.15) is 0 Å². The Bertz CT molecular complexity index is 401. The van der Waals surface area contributed by atoms with E-state index in [1.165, 1.54) is 58.3 Å². The van der Waals surface area contributed by atoms with E-state index >= 15 is 0 Å². The molecule has 6 heteroatoms. The fraction of sp³-hybridized carbons (Fsp3) is 0.947. The van der Waals surface area contributed by atoms with Crippen LogP contribution in [0.25, 0.3) is 0 Å². The largest absolute Gasteiger partial charge is 0.383 e. The van der Waals surface area contributed by atoms with Gasteiger partial charge in [0, 0.05) is 25.2 Å². The highest BCUT2D eigenvalue weighted by Gasteiger charge is 2.39. The van der Waals surface area contributed by atoms with Gasteiger partial charge in [-0.1, -0.05) is 6.42 Å². The molecule has 2 fully saturated rings. The quantitative estimate of drug-likeness (QED) is 0.537. The maximum Gasteiger partial charge on any atom is 0.191 e. The summed E-state index contributed by atoms with van der Waals surface area (Å²) in [6, 6.07) is 0.256. The first kappa shape index (κ1) is 20.5. The molecule has 0 radical (unpaired) electrons. The summed E-state index contributed by atoms with van der Waals surface area (Å²) < 4.78 is 5.24. The maximum atomic E-state index is 5.24. The minimum Gasteiger partial charge on any atom is -0.383 e. The van der Waals surface area contributed by atoms with E-state index in [9.17, 15) is 0 Å². The van der Waals surface area contributed by atoms with Gasteiger partial charge in [0.15, 0.2) is 5.96 Å². The zero-order valence-electron chi connectivity index (χ0n) is 16.8. The third kappa shape index (κ3) is 6.12. The molecular formula is C19H39N5O. The third-order valence-electron chi connectivity index (χ3n) is 5.62. The van der Waals surface area contributed by atoms with Gasteiger partial charge in [0.25, 0.3) is 0 Å². The zero-order chi connectivity index (χ0) is 18.1. The van der Waals surface area contributed by atoms with Crippen LogP contribution < -0.4 is 10.6 Å². The number of nitrogens with one attached hydrogen (secondary N) is 2. The maximum absolute atomic E-state index is 5.24. The van der Waals surface area contributed by atoms with E-state index in [0.717, 1.165) is 19.0 Å². The topological polar surface area (TPSA) is 52.1 Å². The van der Waals surface area contributed by atoms with Crippen LogP contribution >= 0.6 is 0 Å². The molecule has 2 aliphatic rings. The van der Waals surface area contributed by atoms with Crippen LogP contribution in [0.15, 0.2) is 4.99 Å². The number of likely N-dealkylation sites (tertiary alicyclic amines) is 2. The van der Waals surface area contributed by atoms with Crippen LogP contribution in [-0.2, 0) is 4.74 Å². The highest BCUT2D eigenvalue weighted by Crippen LogP contribution is 2.31. The molecule has 25 heavy (non-hydrogen) atoms. The van der Waals surface area contributed by atoms with Crippen molar-refractivity contribution in [3.63, 3.8) is 0 Å². The van der Waals surface area contributed by atoms with E-state index in [0.29, 0.717) is 6.61 Å². The van der Waals surface area contributed by atoms with Crippen molar-refractivity contribution >= 4 is 5.96 Å². The Morgan fingerprint density at radius 2 is 1.84 bits per heavy atom. The molecule has 1 atom stereocenters. The van der Waals surface area contributed by atoms with Crippen LogP contribution in [0.3, 0.4) is 0 Å². The van der Waals surface area contributed by atoms with Crippen LogP contribution in [0, 0.1) is 0 Å². The molecule has 146 valence electrons. The normalized spacial score (nSPS) is 24.1. The van der Waals surface area contributed by atoms with Crippen LogP contribution in [-0.4, -0.2) is 87.4 Å². The van der Waals surface area contributed by atoms with Gasteiger partial charge in [0.1, 0.15) is 0 Å². The molecule has 2 N–H and O–H groups in total. The first-order chi connectivity index (χ1) is 12.1. The van der Waals surface area contributed by atoms with E-state index in [-0.39, 0.29) is 11.6 Å². The lowest BCUT2D eigenvalue weighted by molar-refractivity contribution is 0.0208. The van der Waals surface area contributed by atoms with Crippen molar-refractivity contribution < 1.29 is 4.74 Å². The molecule has 0 aliphatic carbocycles. The lowest BCUT2D eigenvalue weighted by Crippen LogP contribution is -2.58. The van der Waals surface area contributed by atoms with E-state index in [1.54, 1.807) is 7.11 Å². The molecule has 0 aromatic carbocycles. The number of hydrogen-bond acceptors (Lipinski definition) is 4. The smallest absolute Gasteiger partial charge is 0.191 e. The predicted molar refractivity (Wildman–Crippen MR) is 105 cm³/mol. The second-order valence-electron chi connectivity index (χ2n) is 7.77. The van der Waals surface area contributed by atoms with Crippen molar-refractivity contribution in [1.82, 2.24) is 20.4 Å². The van der Waals surface area contributed by atoms with E-state index in [4.69, 9.17) is 9.73 Å². The summed E-state index contributed by atoms with van der Waals surface area (Å²) in [6.45, 7) is 11.5. The standard InChI is InChI=1S/C19H39N5O/c1-5-20-18(22-17(2)15-25-4)21-16-19(9-13-23(3)14-10-19)24-11-7-6-8-12-24/h17H,5-16H2,1-4H3,(H2,20,21,22). The Morgan fingerprint density at radius 3 is 2.44 bits per heavy atom. The Hall–Kier alpha value is -0.850. The molecule has 1 unspecified atom stereocenters. The monoisotopic (exact) mass is 353 g/mol. The molecule has 0 saturated carbocycles. The summed E-state index contributed by atoms with van der Waals surface area (Å²) >= 11 is 0. The highest BCUT2D eigenvalue weighted by atomic mass is 16.5. The van der Waals surface area contributed by atoms with Gasteiger partial charge in [-0.05, 0) is 72.8 Å². The number of methoxy groups -OCH3 is 1. The summed E-state index contributed by atoms with van der Waals surface area (Å²) in [5.41, 5.74) is 0.236. The van der Waals surface area contributed by atoms with Gasteiger partial charge in [-0.3, -0.25) is 9.89 Å². The Morgan fingerprint density at radius 1 is 1.16 bits per heavy atom. The summed E-state index contributed by atoms with van der Waals surface area (Å²) in [6.07, 6.45) is 6.50. The number of hydrogen-bond donors (Lipinski definition) is 2. The van der Waals surface area contributed by atoms with Gasteiger partial charge in [-0.25, -0.2) is 0 Å². The van der Waals surface area contributed by atoms with Gasteiger partial charge in [-0.15, -0.1) is 0 Å². The van der Waals surface area contributed by atoms with Crippen molar-refractivity contribution in [3.05, 3.63) is 0 Å². The predicted octanol–water partition coefficient (Wildman–Crippen LogP) is 1.53. The highest BCUT2D eigenvalue weighted by molar-refractivity contribution is 5.80. The Labute approximate surface area is 154 Å². The average molecular weight is 354 g/mol. The lowest BCUT2D eigenvalue weighted by Gasteiger charge is -2.49. The average Bonchev–Trinajstić information content (AvgIpc) is 2.62. The first-order valence-electron chi connectivity index (χ1n) is 10.1. The first-order valence-corrected chi connectivity index (χ1v) is 10.1. The number of guanidine groups is 1. The fourth-order valence-electron chi connectivity index (χ4n) is 4.05. The van der Waals surface area contributed by atoms with Gasteiger partial charge in [0.2, 0.25) is 0 Å². The van der Waals surface area contributed by atoms with Crippen molar-refractivity contribution in [2.75, 3.05) is 60.0 Å². The number of piperidine rings is 2. The van der Waals surface area contributed by atoms with Gasteiger partial charge < -0.3 is 20.3 Å². The summed E-state index contributed by atoms with van der Waals surface area (Å²) in [5.74, 6) is 0.919. The number of aliphatic imine (C=N–C) groups is 1. The van der Waals surface area contributed by atoms with E-state index < -0.39 is 0 Å². The molecule has 0 aromatic rings. The minimum atomic E-state index is 0.236. The molecule has 2 rings (SSSR count). The fourth-order valence-corrected chi connectivity index (χ4v) is 4.05. The molecule has 0 spiro atoms. The van der Waals surface area contributed by atoms with Crippen molar-refractivity contribution in [2.45, 2.75) is 57.5 Å². The van der Waals surface area contributed by atoms with Crippen LogP contribution in [0.2, 0.25) is 0 Å². The molecule has 0 aromatic heterocycles.